The third-order valence-electron chi connectivity index (χ3n) is 5.72. The lowest BCUT2D eigenvalue weighted by molar-refractivity contribution is 0.0872. The molecule has 2 aliphatic heterocycles. The molecule has 0 saturated carbocycles. The molecule has 0 aromatic heterocycles. The van der Waals surface area contributed by atoms with Crippen LogP contribution in [0.2, 0.25) is 0 Å². The molecule has 0 unspecified atom stereocenters. The molecule has 0 radical (unpaired) electrons. The van der Waals surface area contributed by atoms with E-state index in [2.05, 4.69) is 4.90 Å². The zero-order valence-electron chi connectivity index (χ0n) is 18.3. The quantitative estimate of drug-likeness (QED) is 0.523. The van der Waals surface area contributed by atoms with Crippen LogP contribution in [0.5, 0.6) is 23.0 Å². The lowest BCUT2D eigenvalue weighted by Crippen LogP contribution is -2.31. The highest BCUT2D eigenvalue weighted by molar-refractivity contribution is 6.15. The van der Waals surface area contributed by atoms with Crippen molar-refractivity contribution in [2.24, 2.45) is 0 Å². The van der Waals surface area contributed by atoms with Crippen molar-refractivity contribution in [1.29, 1.82) is 0 Å². The van der Waals surface area contributed by atoms with Gasteiger partial charge in [0.1, 0.15) is 24.0 Å². The third kappa shape index (κ3) is 3.91. The van der Waals surface area contributed by atoms with Gasteiger partial charge in [0.15, 0.2) is 17.3 Å². The number of Topliss-reactive ketones (excluding diaryl/α,β-unsaturated/α-hetero) is 1. The van der Waals surface area contributed by atoms with E-state index in [1.54, 1.807) is 50.6 Å². The molecular weight excluding hydrogens is 425 g/mol. The largest absolute Gasteiger partial charge is 0.493 e. The van der Waals surface area contributed by atoms with Crippen LogP contribution >= 0.6 is 0 Å². The van der Waals surface area contributed by atoms with Crippen LogP contribution < -0.4 is 18.9 Å². The van der Waals surface area contributed by atoms with Gasteiger partial charge in [-0.2, -0.15) is 0 Å². The van der Waals surface area contributed by atoms with Crippen molar-refractivity contribution >= 4 is 11.9 Å². The van der Waals surface area contributed by atoms with Crippen molar-refractivity contribution in [3.63, 3.8) is 0 Å². The number of nitrogens with zero attached hydrogens (tertiary/aromatic N) is 1. The molecule has 5 rings (SSSR count). The van der Waals surface area contributed by atoms with Crippen LogP contribution in [0.4, 0.5) is 4.39 Å². The Morgan fingerprint density at radius 3 is 2.64 bits per heavy atom. The predicted molar refractivity (Wildman–Crippen MR) is 120 cm³/mol. The maximum atomic E-state index is 13.2. The van der Waals surface area contributed by atoms with Crippen molar-refractivity contribution in [2.75, 3.05) is 21.0 Å². The van der Waals surface area contributed by atoms with E-state index < -0.39 is 0 Å². The molecule has 168 valence electrons. The van der Waals surface area contributed by atoms with Gasteiger partial charge in [-0.25, -0.2) is 4.39 Å². The average Bonchev–Trinajstić information content (AvgIpc) is 3.16. The Balaban J connectivity index is 1.44. The van der Waals surface area contributed by atoms with Crippen molar-refractivity contribution in [3.8, 4) is 23.0 Å². The van der Waals surface area contributed by atoms with Gasteiger partial charge in [-0.1, -0.05) is 24.3 Å². The predicted octanol–water partition coefficient (Wildman–Crippen LogP) is 4.81. The first-order valence-electron chi connectivity index (χ1n) is 10.5. The summed E-state index contributed by atoms with van der Waals surface area (Å²) >= 11 is 0. The minimum Gasteiger partial charge on any atom is -0.493 e. The number of methoxy groups -OCH3 is 2. The number of ether oxygens (including phenoxy) is 4. The first-order chi connectivity index (χ1) is 16.1. The molecule has 3 aromatic rings. The van der Waals surface area contributed by atoms with Gasteiger partial charge in [-0.15, -0.1) is 0 Å². The number of hydrogen-bond donors (Lipinski definition) is 0. The standard InChI is InChI=1S/C26H22FNO5/c1-30-22-5-3-4-17(25(22)31-2)12-23-24(29)19-10-11-21-20(26(19)33-23)14-28(15-32-21)13-16-6-8-18(27)9-7-16/h3-12H,13-15H2,1-2H3/b23-12-. The Labute approximate surface area is 190 Å². The Morgan fingerprint density at radius 1 is 1.06 bits per heavy atom. The van der Waals surface area contributed by atoms with Gasteiger partial charge < -0.3 is 18.9 Å². The molecule has 0 saturated heterocycles. The lowest BCUT2D eigenvalue weighted by Gasteiger charge is -2.29. The molecule has 0 amide bonds. The molecule has 0 fully saturated rings. The maximum absolute atomic E-state index is 13.2. The first-order valence-corrected chi connectivity index (χ1v) is 10.5. The summed E-state index contributed by atoms with van der Waals surface area (Å²) in [7, 11) is 3.11. The summed E-state index contributed by atoms with van der Waals surface area (Å²) < 4.78 is 36.0. The van der Waals surface area contributed by atoms with E-state index in [0.717, 1.165) is 11.1 Å². The van der Waals surface area contributed by atoms with Crippen LogP contribution in [-0.2, 0) is 13.1 Å². The van der Waals surface area contributed by atoms with Crippen LogP contribution in [0.3, 0.4) is 0 Å². The topological polar surface area (TPSA) is 57.2 Å². The van der Waals surface area contributed by atoms with Gasteiger partial charge in [0.05, 0.1) is 25.3 Å². The summed E-state index contributed by atoms with van der Waals surface area (Å²) in [5.41, 5.74) is 2.96. The van der Waals surface area contributed by atoms with Crippen molar-refractivity contribution in [3.05, 3.63) is 88.4 Å². The maximum Gasteiger partial charge on any atom is 0.231 e. The second-order valence-corrected chi connectivity index (χ2v) is 7.83. The van der Waals surface area contributed by atoms with E-state index >= 15 is 0 Å². The van der Waals surface area contributed by atoms with Crippen molar-refractivity contribution in [1.82, 2.24) is 4.90 Å². The normalized spacial score (nSPS) is 16.1. The van der Waals surface area contributed by atoms with Crippen molar-refractivity contribution < 1.29 is 28.1 Å². The van der Waals surface area contributed by atoms with Gasteiger partial charge in [-0.05, 0) is 42.0 Å². The molecule has 3 aromatic carbocycles. The number of allylic oxidation sites excluding steroid dienone is 1. The molecule has 6 nitrogen and oxygen atoms in total. The number of halogens is 1. The second kappa shape index (κ2) is 8.60. The molecule has 33 heavy (non-hydrogen) atoms. The van der Waals surface area contributed by atoms with Crippen LogP contribution in [-0.4, -0.2) is 31.6 Å². The fourth-order valence-corrected chi connectivity index (χ4v) is 4.12. The minimum atomic E-state index is -0.268. The summed E-state index contributed by atoms with van der Waals surface area (Å²) in [5, 5.41) is 0. The Bertz CT molecular complexity index is 1250. The van der Waals surface area contributed by atoms with Crippen LogP contribution in [0, 0.1) is 5.82 Å². The highest BCUT2D eigenvalue weighted by Crippen LogP contribution is 2.43. The molecule has 2 heterocycles. The Morgan fingerprint density at radius 2 is 1.88 bits per heavy atom. The molecular formula is C26H22FNO5. The highest BCUT2D eigenvalue weighted by atomic mass is 19.1. The fraction of sp³-hybridized carbons (Fsp3) is 0.192. The van der Waals surface area contributed by atoms with Crippen LogP contribution in [0.1, 0.15) is 27.0 Å². The second-order valence-electron chi connectivity index (χ2n) is 7.83. The number of benzene rings is 3. The van der Waals surface area contributed by atoms with Gasteiger partial charge >= 0.3 is 0 Å². The van der Waals surface area contributed by atoms with E-state index in [-0.39, 0.29) is 17.4 Å². The number of ketones is 1. The summed E-state index contributed by atoms with van der Waals surface area (Å²) in [6.07, 6.45) is 1.66. The number of para-hydroxylation sites is 1. The van der Waals surface area contributed by atoms with E-state index in [4.69, 9.17) is 18.9 Å². The van der Waals surface area contributed by atoms with Crippen molar-refractivity contribution in [2.45, 2.75) is 13.1 Å². The average molecular weight is 447 g/mol. The van der Waals surface area contributed by atoms with Gasteiger partial charge in [0, 0.05) is 18.7 Å². The smallest absolute Gasteiger partial charge is 0.231 e. The third-order valence-corrected chi connectivity index (χ3v) is 5.72. The summed E-state index contributed by atoms with van der Waals surface area (Å²) in [5.74, 6) is 2.03. The Hall–Kier alpha value is -3.84. The van der Waals surface area contributed by atoms with E-state index in [0.29, 0.717) is 53.9 Å². The monoisotopic (exact) mass is 447 g/mol. The molecule has 0 atom stereocenters. The number of carbonyl (C=O) groups excluding carboxylic acids is 1. The number of hydrogen-bond acceptors (Lipinski definition) is 6. The number of rotatable bonds is 5. The minimum absolute atomic E-state index is 0.201. The molecule has 7 heteroatoms. The molecule has 2 aliphatic rings. The first kappa shape index (κ1) is 21.0. The SMILES string of the molecule is COc1cccc(/C=C2\Oc3c(ccc4c3CN(Cc3ccc(F)cc3)CO4)C2=O)c1OC. The lowest BCUT2D eigenvalue weighted by atomic mass is 10.0. The molecule has 0 spiro atoms. The fourth-order valence-electron chi connectivity index (χ4n) is 4.12. The van der Waals surface area contributed by atoms with Crippen LogP contribution in [0.15, 0.2) is 60.4 Å². The summed E-state index contributed by atoms with van der Waals surface area (Å²) in [6.45, 7) is 1.51. The van der Waals surface area contributed by atoms with Gasteiger partial charge in [0.25, 0.3) is 0 Å². The zero-order chi connectivity index (χ0) is 22.9. The highest BCUT2D eigenvalue weighted by Gasteiger charge is 2.34. The number of fused-ring (bicyclic) bond motifs is 3. The van der Waals surface area contributed by atoms with Crippen LogP contribution in [0.25, 0.3) is 6.08 Å². The van der Waals surface area contributed by atoms with E-state index in [1.807, 2.05) is 12.1 Å². The molecule has 0 N–H and O–H groups in total. The molecule has 0 aliphatic carbocycles. The summed E-state index contributed by atoms with van der Waals surface area (Å²) in [6, 6.07) is 15.4. The molecule has 0 bridgehead atoms. The van der Waals surface area contributed by atoms with E-state index in [1.165, 1.54) is 12.1 Å². The zero-order valence-corrected chi connectivity index (χ0v) is 18.3. The van der Waals surface area contributed by atoms with E-state index in [9.17, 15) is 9.18 Å². The number of carbonyl (C=O) groups is 1. The Kier molecular flexibility index (Phi) is 5.48. The van der Waals surface area contributed by atoms with Gasteiger partial charge in [0.2, 0.25) is 5.78 Å². The van der Waals surface area contributed by atoms with Gasteiger partial charge in [-0.3, -0.25) is 9.69 Å². The summed E-state index contributed by atoms with van der Waals surface area (Å²) in [4.78, 5) is 15.2.